The van der Waals surface area contributed by atoms with Crippen molar-refractivity contribution in [2.45, 2.75) is 39.2 Å². The maximum atomic E-state index is 12.3. The van der Waals surface area contributed by atoms with Crippen molar-refractivity contribution in [2.24, 2.45) is 5.92 Å². The number of benzene rings is 1. The number of thioether (sulfide) groups is 1. The molecule has 186 valence electrons. The molecule has 1 unspecified atom stereocenters. The number of aryl methyl sites for hydroxylation is 2. The largest absolute Gasteiger partial charge is 0.347 e. The molecule has 3 rings (SSSR count). The highest BCUT2D eigenvalue weighted by Gasteiger charge is 2.22. The van der Waals surface area contributed by atoms with Crippen LogP contribution >= 0.6 is 34.4 Å². The minimum absolute atomic E-state index is 0.0429. The van der Waals surface area contributed by atoms with Crippen molar-refractivity contribution in [3.05, 3.63) is 45.9 Å². The van der Waals surface area contributed by atoms with E-state index < -0.39 is 6.04 Å². The maximum absolute atomic E-state index is 12.3. The summed E-state index contributed by atoms with van der Waals surface area (Å²) in [7, 11) is 0. The minimum Gasteiger partial charge on any atom is -0.347 e. The summed E-state index contributed by atoms with van der Waals surface area (Å²) in [5, 5.41) is 27.0. The third-order valence-corrected chi connectivity index (χ3v) is 7.52. The van der Waals surface area contributed by atoms with E-state index in [0.717, 1.165) is 39.9 Å². The van der Waals surface area contributed by atoms with Crippen LogP contribution in [0.3, 0.4) is 0 Å². The van der Waals surface area contributed by atoms with E-state index in [1.165, 1.54) is 22.7 Å². The molecular formula is C22H27N7O3S3. The van der Waals surface area contributed by atoms with Crippen LogP contribution in [-0.4, -0.2) is 56.2 Å². The summed E-state index contributed by atoms with van der Waals surface area (Å²) < 4.78 is 0. The van der Waals surface area contributed by atoms with Crippen LogP contribution in [0.25, 0.3) is 0 Å². The Balaban J connectivity index is 1.34. The number of aromatic nitrogens is 4. The Morgan fingerprint density at radius 1 is 0.943 bits per heavy atom. The van der Waals surface area contributed by atoms with Crippen LogP contribution in [0.2, 0.25) is 0 Å². The monoisotopic (exact) mass is 533 g/mol. The fourth-order valence-corrected chi connectivity index (χ4v) is 5.64. The molecule has 1 aromatic carbocycles. The standard InChI is InChI=1S/C22H27N7O3S3/c1-14(2)19(23-13-30)20(32)25-22-29-27-18(35-22)9-11-33-10-8-17-26-28-21(34-17)24-16(31)12-15-6-4-3-5-7-15/h3-7,13-14,19H,8-12H2,1-2H3,(H,23,30)(H,24,28,31)(H,25,29,32). The molecule has 2 aromatic heterocycles. The minimum atomic E-state index is -0.617. The Labute approximate surface area is 215 Å². The maximum Gasteiger partial charge on any atom is 0.249 e. The molecule has 10 nitrogen and oxygen atoms in total. The van der Waals surface area contributed by atoms with Gasteiger partial charge in [-0.15, -0.1) is 20.4 Å². The van der Waals surface area contributed by atoms with Gasteiger partial charge >= 0.3 is 0 Å². The van der Waals surface area contributed by atoms with E-state index in [4.69, 9.17) is 0 Å². The predicted molar refractivity (Wildman–Crippen MR) is 140 cm³/mol. The molecule has 0 aliphatic carbocycles. The number of anilines is 2. The van der Waals surface area contributed by atoms with Crippen molar-refractivity contribution < 1.29 is 14.4 Å². The van der Waals surface area contributed by atoms with Gasteiger partial charge in [0.05, 0.1) is 6.42 Å². The summed E-state index contributed by atoms with van der Waals surface area (Å²) in [6, 6.07) is 8.94. The SMILES string of the molecule is CC(C)C(NC=O)C(=O)Nc1nnc(CCSCCc2nnc(NC(=O)Cc3ccccc3)s2)s1. The molecule has 1 atom stereocenters. The highest BCUT2D eigenvalue weighted by atomic mass is 32.2. The second-order valence-electron chi connectivity index (χ2n) is 7.82. The van der Waals surface area contributed by atoms with Crippen LogP contribution in [0.1, 0.15) is 29.4 Å². The lowest BCUT2D eigenvalue weighted by molar-refractivity contribution is -0.122. The lowest BCUT2D eigenvalue weighted by Crippen LogP contribution is -2.43. The fourth-order valence-electron chi connectivity index (χ4n) is 3.00. The Bertz CT molecular complexity index is 1100. The van der Waals surface area contributed by atoms with Crippen molar-refractivity contribution in [1.29, 1.82) is 0 Å². The number of nitrogens with zero attached hydrogens (tertiary/aromatic N) is 4. The van der Waals surface area contributed by atoms with E-state index in [0.29, 0.717) is 23.1 Å². The van der Waals surface area contributed by atoms with Gasteiger partial charge in [0.2, 0.25) is 28.5 Å². The van der Waals surface area contributed by atoms with E-state index in [9.17, 15) is 14.4 Å². The summed E-state index contributed by atoms with van der Waals surface area (Å²) in [6.45, 7) is 3.71. The smallest absolute Gasteiger partial charge is 0.249 e. The van der Waals surface area contributed by atoms with Crippen molar-refractivity contribution >= 4 is 62.9 Å². The molecule has 2 heterocycles. The van der Waals surface area contributed by atoms with Gasteiger partial charge in [0.15, 0.2) is 0 Å². The second kappa shape index (κ2) is 13.9. The Kier molecular flexibility index (Phi) is 10.6. The number of hydrogen-bond donors (Lipinski definition) is 3. The van der Waals surface area contributed by atoms with Gasteiger partial charge in [-0.25, -0.2) is 0 Å². The molecule has 0 aliphatic heterocycles. The number of carbonyl (C=O) groups is 3. The Hall–Kier alpha value is -2.90. The molecule has 0 fully saturated rings. The van der Waals surface area contributed by atoms with Crippen molar-refractivity contribution in [3.63, 3.8) is 0 Å². The zero-order valence-corrected chi connectivity index (χ0v) is 21.8. The van der Waals surface area contributed by atoms with Gasteiger partial charge in [0.25, 0.3) is 0 Å². The molecule has 13 heteroatoms. The predicted octanol–water partition coefficient (Wildman–Crippen LogP) is 2.80. The molecule has 0 radical (unpaired) electrons. The molecule has 0 saturated heterocycles. The molecule has 3 aromatic rings. The van der Waals surface area contributed by atoms with Crippen molar-refractivity contribution in [3.8, 4) is 0 Å². The van der Waals surface area contributed by atoms with Crippen molar-refractivity contribution in [2.75, 3.05) is 22.1 Å². The summed E-state index contributed by atoms with van der Waals surface area (Å²) in [4.78, 5) is 35.2. The number of hydrogen-bond acceptors (Lipinski definition) is 10. The van der Waals surface area contributed by atoms with Crippen LogP contribution in [-0.2, 0) is 33.6 Å². The van der Waals surface area contributed by atoms with E-state index in [1.54, 1.807) is 11.8 Å². The average Bonchev–Trinajstić information content (AvgIpc) is 3.46. The first-order valence-corrected chi connectivity index (χ1v) is 13.8. The zero-order valence-electron chi connectivity index (χ0n) is 19.4. The lowest BCUT2D eigenvalue weighted by Gasteiger charge is -2.18. The Morgan fingerprint density at radius 3 is 2.11 bits per heavy atom. The molecule has 35 heavy (non-hydrogen) atoms. The van der Waals surface area contributed by atoms with Crippen LogP contribution < -0.4 is 16.0 Å². The molecule has 0 bridgehead atoms. The first kappa shape index (κ1) is 26.7. The second-order valence-corrected chi connectivity index (χ2v) is 11.2. The Morgan fingerprint density at radius 2 is 1.54 bits per heavy atom. The number of amides is 3. The number of rotatable bonds is 14. The normalized spacial score (nSPS) is 11.7. The first-order chi connectivity index (χ1) is 16.9. The molecular weight excluding hydrogens is 506 g/mol. The van der Waals surface area contributed by atoms with Crippen molar-refractivity contribution in [1.82, 2.24) is 25.7 Å². The van der Waals surface area contributed by atoms with Crippen LogP contribution in [0, 0.1) is 5.92 Å². The van der Waals surface area contributed by atoms with E-state index in [2.05, 4.69) is 36.3 Å². The highest BCUT2D eigenvalue weighted by molar-refractivity contribution is 7.99. The summed E-state index contributed by atoms with van der Waals surface area (Å²) >= 11 is 4.48. The zero-order chi connectivity index (χ0) is 25.0. The highest BCUT2D eigenvalue weighted by Crippen LogP contribution is 2.20. The summed E-state index contributed by atoms with van der Waals surface area (Å²) in [5.74, 6) is 1.25. The molecule has 0 saturated carbocycles. The third-order valence-electron chi connectivity index (χ3n) is 4.73. The summed E-state index contributed by atoms with van der Waals surface area (Å²) in [6.07, 6.45) is 2.32. The van der Waals surface area contributed by atoms with Gasteiger partial charge in [0.1, 0.15) is 16.1 Å². The first-order valence-electron chi connectivity index (χ1n) is 11.0. The number of carbonyl (C=O) groups excluding carboxylic acids is 3. The lowest BCUT2D eigenvalue weighted by atomic mass is 10.0. The molecule has 3 amide bonds. The van der Waals surface area contributed by atoms with Crippen LogP contribution in [0.4, 0.5) is 10.3 Å². The van der Waals surface area contributed by atoms with Crippen LogP contribution in [0.5, 0.6) is 0 Å². The number of nitrogens with one attached hydrogen (secondary N) is 3. The van der Waals surface area contributed by atoms with Gasteiger partial charge in [0, 0.05) is 12.8 Å². The molecule has 0 spiro atoms. The topological polar surface area (TPSA) is 139 Å². The quantitative estimate of drug-likeness (QED) is 0.212. The van der Waals surface area contributed by atoms with Gasteiger partial charge in [-0.3, -0.25) is 19.7 Å². The fraction of sp³-hybridized carbons (Fsp3) is 0.409. The average molecular weight is 534 g/mol. The summed E-state index contributed by atoms with van der Waals surface area (Å²) in [5.41, 5.74) is 0.950. The van der Waals surface area contributed by atoms with Crippen LogP contribution in [0.15, 0.2) is 30.3 Å². The van der Waals surface area contributed by atoms with E-state index >= 15 is 0 Å². The van der Waals surface area contributed by atoms with Gasteiger partial charge in [-0.05, 0) is 23.0 Å². The van der Waals surface area contributed by atoms with E-state index in [1.807, 2.05) is 44.2 Å². The van der Waals surface area contributed by atoms with Gasteiger partial charge in [-0.1, -0.05) is 66.9 Å². The molecule has 3 N–H and O–H groups in total. The third kappa shape index (κ3) is 9.00. The molecule has 0 aliphatic rings. The van der Waals surface area contributed by atoms with Gasteiger partial charge < -0.3 is 10.6 Å². The van der Waals surface area contributed by atoms with E-state index in [-0.39, 0.29) is 17.7 Å². The van der Waals surface area contributed by atoms with Gasteiger partial charge in [-0.2, -0.15) is 11.8 Å².